The minimum absolute atomic E-state index is 0.0129. The van der Waals surface area contributed by atoms with Crippen LogP contribution in [0, 0.1) is 0 Å². The maximum absolute atomic E-state index is 12.8. The minimum Gasteiger partial charge on any atom is -0.504 e. The summed E-state index contributed by atoms with van der Waals surface area (Å²) >= 11 is 0. The van der Waals surface area contributed by atoms with Crippen LogP contribution in [0.3, 0.4) is 0 Å². The Kier molecular flexibility index (Phi) is 3.70. The fourth-order valence-corrected chi connectivity index (χ4v) is 4.07. The van der Waals surface area contributed by atoms with Crippen LogP contribution < -0.4 is 21.3 Å². The number of phenolic OH excluding ortho intramolecular Hbond substituents is 1. The zero-order valence-electron chi connectivity index (χ0n) is 15.4. The number of aromatic nitrogens is 2. The van der Waals surface area contributed by atoms with Crippen LogP contribution in [-0.2, 0) is 0 Å². The molecule has 2 heterocycles. The topological polar surface area (TPSA) is 107 Å². The molecule has 5 rings (SSSR count). The van der Waals surface area contributed by atoms with Crippen LogP contribution in [0.15, 0.2) is 64.2 Å². The van der Waals surface area contributed by atoms with Gasteiger partial charge in [0.2, 0.25) is 0 Å². The van der Waals surface area contributed by atoms with E-state index in [9.17, 15) is 14.7 Å². The molecule has 1 aromatic heterocycles. The summed E-state index contributed by atoms with van der Waals surface area (Å²) in [4.78, 5) is 29.7. The molecule has 0 unspecified atom stereocenters. The van der Waals surface area contributed by atoms with Gasteiger partial charge in [-0.1, -0.05) is 36.4 Å². The average molecular weight is 387 g/mol. The van der Waals surface area contributed by atoms with Crippen molar-refractivity contribution >= 4 is 22.3 Å². The van der Waals surface area contributed by atoms with Crippen LogP contribution in [0.4, 0.5) is 11.5 Å². The van der Waals surface area contributed by atoms with Gasteiger partial charge in [0.25, 0.3) is 5.56 Å². The van der Waals surface area contributed by atoms with Gasteiger partial charge in [0.1, 0.15) is 5.82 Å². The van der Waals surface area contributed by atoms with E-state index in [4.69, 9.17) is 4.74 Å². The second-order valence-electron chi connectivity index (χ2n) is 6.93. The maximum Gasteiger partial charge on any atom is 0.327 e. The van der Waals surface area contributed by atoms with E-state index in [1.165, 1.54) is 7.11 Å². The van der Waals surface area contributed by atoms with E-state index in [1.54, 1.807) is 18.2 Å². The summed E-state index contributed by atoms with van der Waals surface area (Å²) in [7, 11) is 1.48. The van der Waals surface area contributed by atoms with Crippen LogP contribution >= 0.6 is 0 Å². The Labute approximate surface area is 164 Å². The van der Waals surface area contributed by atoms with Crippen LogP contribution in [0.5, 0.6) is 11.5 Å². The molecule has 1 atom stereocenters. The van der Waals surface area contributed by atoms with Gasteiger partial charge < -0.3 is 15.2 Å². The van der Waals surface area contributed by atoms with Gasteiger partial charge in [-0.3, -0.25) is 14.8 Å². The van der Waals surface area contributed by atoms with Crippen molar-refractivity contribution in [3.63, 3.8) is 0 Å². The molecule has 4 aromatic rings. The van der Waals surface area contributed by atoms with E-state index in [1.807, 2.05) is 36.4 Å². The molecule has 144 valence electrons. The number of benzene rings is 3. The van der Waals surface area contributed by atoms with Crippen molar-refractivity contribution in [3.8, 4) is 11.5 Å². The van der Waals surface area contributed by atoms with Crippen molar-refractivity contribution in [2.45, 2.75) is 5.92 Å². The molecule has 0 saturated carbocycles. The van der Waals surface area contributed by atoms with Crippen LogP contribution in [0.25, 0.3) is 10.8 Å². The van der Waals surface area contributed by atoms with Crippen LogP contribution in [0.2, 0.25) is 0 Å². The molecule has 0 spiro atoms. The number of nitrogens with one attached hydrogen (secondary N) is 3. The summed E-state index contributed by atoms with van der Waals surface area (Å²) in [6.07, 6.45) is 0. The third-order valence-corrected chi connectivity index (χ3v) is 5.32. The zero-order valence-corrected chi connectivity index (χ0v) is 15.4. The van der Waals surface area contributed by atoms with Crippen LogP contribution in [0.1, 0.15) is 22.6 Å². The Morgan fingerprint density at radius 3 is 2.62 bits per heavy atom. The molecule has 7 nitrogen and oxygen atoms in total. The smallest absolute Gasteiger partial charge is 0.327 e. The highest BCUT2D eigenvalue weighted by Crippen LogP contribution is 2.46. The first-order valence-corrected chi connectivity index (χ1v) is 9.09. The number of hydrogen-bond donors (Lipinski definition) is 4. The molecule has 4 N–H and O–H groups in total. The van der Waals surface area contributed by atoms with E-state index >= 15 is 0 Å². The predicted octanol–water partition coefficient (Wildman–Crippen LogP) is 3.17. The summed E-state index contributed by atoms with van der Waals surface area (Å²) in [5, 5.41) is 15.3. The zero-order chi connectivity index (χ0) is 20.1. The number of aromatic hydroxyl groups is 1. The molecule has 1 aliphatic rings. The number of ether oxygens (including phenoxy) is 1. The van der Waals surface area contributed by atoms with Gasteiger partial charge in [0.15, 0.2) is 11.5 Å². The second-order valence-corrected chi connectivity index (χ2v) is 6.93. The van der Waals surface area contributed by atoms with Gasteiger partial charge in [-0.2, -0.15) is 0 Å². The molecule has 0 saturated heterocycles. The molecule has 0 bridgehead atoms. The summed E-state index contributed by atoms with van der Waals surface area (Å²) in [6, 6.07) is 16.9. The van der Waals surface area contributed by atoms with Gasteiger partial charge in [0, 0.05) is 11.6 Å². The number of fused-ring (bicyclic) bond motifs is 4. The first kappa shape index (κ1) is 17.1. The molecule has 3 aromatic carbocycles. The van der Waals surface area contributed by atoms with Gasteiger partial charge in [-0.05, 0) is 40.1 Å². The fraction of sp³-hybridized carbons (Fsp3) is 0.0909. The Morgan fingerprint density at radius 2 is 1.79 bits per heavy atom. The molecular formula is C22H17N3O4. The van der Waals surface area contributed by atoms with E-state index < -0.39 is 17.2 Å². The number of anilines is 2. The third-order valence-electron chi connectivity index (χ3n) is 5.32. The molecule has 0 amide bonds. The van der Waals surface area contributed by atoms with Crippen molar-refractivity contribution in [2.75, 3.05) is 12.4 Å². The lowest BCUT2D eigenvalue weighted by atomic mass is 9.80. The van der Waals surface area contributed by atoms with Gasteiger partial charge in [-0.15, -0.1) is 0 Å². The molecule has 0 aliphatic carbocycles. The average Bonchev–Trinajstić information content (AvgIpc) is 2.72. The number of H-pyrrole nitrogens is 2. The number of rotatable bonds is 2. The van der Waals surface area contributed by atoms with E-state index in [2.05, 4.69) is 15.3 Å². The Hall–Kier alpha value is -4.00. The van der Waals surface area contributed by atoms with Crippen molar-refractivity contribution < 1.29 is 9.84 Å². The van der Waals surface area contributed by atoms with Gasteiger partial charge >= 0.3 is 5.69 Å². The first-order chi connectivity index (χ1) is 14.1. The van der Waals surface area contributed by atoms with E-state index in [-0.39, 0.29) is 5.75 Å². The van der Waals surface area contributed by atoms with E-state index in [0.717, 1.165) is 27.6 Å². The van der Waals surface area contributed by atoms with Crippen molar-refractivity contribution in [3.05, 3.63) is 92.1 Å². The molecule has 29 heavy (non-hydrogen) atoms. The second kappa shape index (κ2) is 6.27. The standard InChI is InChI=1S/C22H17N3O4/c1-29-16-10-12(7-9-15(16)26)17-18-13-5-3-2-4-11(13)6-8-14(18)23-20-19(17)21(27)25-22(28)24-20/h2-10,17,26H,1H3,(H3,23,24,25,27,28)/t17-/m1/s1. The van der Waals surface area contributed by atoms with Crippen LogP contribution in [-0.4, -0.2) is 22.2 Å². The fourth-order valence-electron chi connectivity index (χ4n) is 4.07. The number of aromatic amines is 2. The lowest BCUT2D eigenvalue weighted by Crippen LogP contribution is -2.31. The Bertz CT molecular complexity index is 1390. The molecule has 1 aliphatic heterocycles. The number of methoxy groups -OCH3 is 1. The number of hydrogen-bond acceptors (Lipinski definition) is 5. The van der Waals surface area contributed by atoms with Gasteiger partial charge in [0.05, 0.1) is 12.7 Å². The van der Waals surface area contributed by atoms with E-state index in [0.29, 0.717) is 17.1 Å². The first-order valence-electron chi connectivity index (χ1n) is 9.09. The lowest BCUT2D eigenvalue weighted by molar-refractivity contribution is 0.373. The van der Waals surface area contributed by atoms with Gasteiger partial charge in [-0.25, -0.2) is 4.79 Å². The molecule has 0 radical (unpaired) electrons. The Morgan fingerprint density at radius 1 is 0.966 bits per heavy atom. The third kappa shape index (κ3) is 2.59. The predicted molar refractivity (Wildman–Crippen MR) is 111 cm³/mol. The monoisotopic (exact) mass is 387 g/mol. The quantitative estimate of drug-likeness (QED) is 0.372. The summed E-state index contributed by atoms with van der Waals surface area (Å²) in [5.41, 5.74) is 1.84. The summed E-state index contributed by atoms with van der Waals surface area (Å²) in [5.74, 6) is 0.213. The highest BCUT2D eigenvalue weighted by atomic mass is 16.5. The SMILES string of the molecule is COc1cc([C@H]2c3c([nH]c(=O)[nH]c3=O)Nc3ccc4ccccc4c32)ccc1O. The molecule has 7 heteroatoms. The lowest BCUT2D eigenvalue weighted by Gasteiger charge is -2.30. The van der Waals surface area contributed by atoms with Crippen molar-refractivity contribution in [2.24, 2.45) is 0 Å². The van der Waals surface area contributed by atoms with Crippen molar-refractivity contribution in [1.82, 2.24) is 9.97 Å². The highest BCUT2D eigenvalue weighted by Gasteiger charge is 2.32. The molecule has 0 fully saturated rings. The summed E-state index contributed by atoms with van der Waals surface area (Å²) in [6.45, 7) is 0. The largest absolute Gasteiger partial charge is 0.504 e. The number of phenols is 1. The molecular weight excluding hydrogens is 370 g/mol. The Balaban J connectivity index is 1.89. The normalized spacial score (nSPS) is 14.7. The highest BCUT2D eigenvalue weighted by molar-refractivity contribution is 5.94. The van der Waals surface area contributed by atoms with Crippen molar-refractivity contribution in [1.29, 1.82) is 0 Å². The minimum atomic E-state index is -0.576. The summed E-state index contributed by atoms with van der Waals surface area (Å²) < 4.78 is 5.28. The maximum atomic E-state index is 12.8.